The first-order valence-corrected chi connectivity index (χ1v) is 6.80. The Morgan fingerprint density at radius 2 is 1.94 bits per heavy atom. The fourth-order valence-corrected chi connectivity index (χ4v) is 3.30. The maximum Gasteiger partial charge on any atom is 0.120 e. The van der Waals surface area contributed by atoms with Gasteiger partial charge in [-0.1, -0.05) is 6.42 Å². The van der Waals surface area contributed by atoms with E-state index >= 15 is 0 Å². The Morgan fingerprint density at radius 3 is 2.56 bits per heavy atom. The van der Waals surface area contributed by atoms with Gasteiger partial charge >= 0.3 is 0 Å². The van der Waals surface area contributed by atoms with Crippen molar-refractivity contribution in [3.63, 3.8) is 0 Å². The van der Waals surface area contributed by atoms with Crippen LogP contribution < -0.4 is 5.32 Å². The number of hydrogen-bond donors (Lipinski definition) is 1. The maximum absolute atomic E-state index is 6.25. The molecule has 1 N–H and O–H groups in total. The molecule has 2 saturated heterocycles. The van der Waals surface area contributed by atoms with Gasteiger partial charge in [-0.2, -0.15) is 0 Å². The molecule has 0 bridgehead atoms. The minimum absolute atomic E-state index is 0.0194. The SMILES string of the molecule is CN1CCCC2(CC1)NCC1(CCC1)CO2. The first-order chi connectivity index (χ1) is 7.72. The molecule has 2 heterocycles. The lowest BCUT2D eigenvalue weighted by molar-refractivity contribution is -0.170. The Labute approximate surface area is 98.5 Å². The topological polar surface area (TPSA) is 24.5 Å². The van der Waals surface area contributed by atoms with Gasteiger partial charge in [0, 0.05) is 24.9 Å². The Balaban J connectivity index is 1.62. The molecular weight excluding hydrogens is 200 g/mol. The number of hydrogen-bond acceptors (Lipinski definition) is 3. The molecule has 1 atom stereocenters. The van der Waals surface area contributed by atoms with Gasteiger partial charge in [0.25, 0.3) is 0 Å². The molecule has 1 aliphatic carbocycles. The Morgan fingerprint density at radius 1 is 1.06 bits per heavy atom. The summed E-state index contributed by atoms with van der Waals surface area (Å²) in [7, 11) is 2.22. The summed E-state index contributed by atoms with van der Waals surface area (Å²) in [6, 6.07) is 0. The van der Waals surface area contributed by atoms with Gasteiger partial charge in [-0.25, -0.2) is 0 Å². The Bertz CT molecular complexity index is 253. The molecule has 3 nitrogen and oxygen atoms in total. The standard InChI is InChI=1S/C13H24N2O/c1-15-8-3-6-13(7-9-15)14-10-12(11-16-13)4-2-5-12/h14H,2-11H2,1H3. The molecule has 3 aliphatic rings. The Hall–Kier alpha value is -0.120. The Kier molecular flexibility index (Phi) is 2.73. The zero-order chi connectivity index (χ0) is 11.1. The zero-order valence-electron chi connectivity index (χ0n) is 10.4. The van der Waals surface area contributed by atoms with Crippen LogP contribution in [0.2, 0.25) is 0 Å². The van der Waals surface area contributed by atoms with E-state index in [0.29, 0.717) is 5.41 Å². The van der Waals surface area contributed by atoms with E-state index in [2.05, 4.69) is 17.3 Å². The van der Waals surface area contributed by atoms with Gasteiger partial charge < -0.3 is 9.64 Å². The molecule has 1 unspecified atom stereocenters. The van der Waals surface area contributed by atoms with Crippen molar-refractivity contribution in [2.75, 3.05) is 33.3 Å². The van der Waals surface area contributed by atoms with Crippen LogP contribution in [0.15, 0.2) is 0 Å². The molecule has 0 aromatic heterocycles. The highest BCUT2D eigenvalue weighted by molar-refractivity contribution is 4.97. The van der Waals surface area contributed by atoms with E-state index < -0.39 is 0 Å². The van der Waals surface area contributed by atoms with Gasteiger partial charge in [0.2, 0.25) is 0 Å². The third-order valence-electron chi connectivity index (χ3n) is 4.87. The van der Waals surface area contributed by atoms with E-state index in [-0.39, 0.29) is 5.72 Å². The van der Waals surface area contributed by atoms with Crippen LogP contribution in [-0.4, -0.2) is 43.9 Å². The van der Waals surface area contributed by atoms with E-state index in [1.807, 2.05) is 0 Å². The number of ether oxygens (including phenoxy) is 1. The highest BCUT2D eigenvalue weighted by Crippen LogP contribution is 2.44. The van der Waals surface area contributed by atoms with Crippen molar-refractivity contribution in [1.82, 2.24) is 10.2 Å². The second kappa shape index (κ2) is 3.97. The lowest BCUT2D eigenvalue weighted by atomic mass is 9.68. The summed E-state index contributed by atoms with van der Waals surface area (Å²) in [4.78, 5) is 2.42. The summed E-state index contributed by atoms with van der Waals surface area (Å²) < 4.78 is 6.25. The number of likely N-dealkylation sites (tertiary alicyclic amines) is 1. The van der Waals surface area contributed by atoms with Gasteiger partial charge in [-0.15, -0.1) is 0 Å². The van der Waals surface area contributed by atoms with E-state index in [1.54, 1.807) is 0 Å². The highest BCUT2D eigenvalue weighted by atomic mass is 16.5. The summed E-state index contributed by atoms with van der Waals surface area (Å²) in [6.07, 6.45) is 7.75. The van der Waals surface area contributed by atoms with Gasteiger partial charge in [0.1, 0.15) is 5.72 Å². The molecule has 2 aliphatic heterocycles. The van der Waals surface area contributed by atoms with Crippen molar-refractivity contribution < 1.29 is 4.74 Å². The van der Waals surface area contributed by atoms with Crippen LogP contribution in [0, 0.1) is 5.41 Å². The maximum atomic E-state index is 6.25. The fourth-order valence-electron chi connectivity index (χ4n) is 3.30. The van der Waals surface area contributed by atoms with Crippen LogP contribution >= 0.6 is 0 Å². The third-order valence-corrected chi connectivity index (χ3v) is 4.87. The molecule has 3 fully saturated rings. The predicted molar refractivity (Wildman–Crippen MR) is 64.3 cm³/mol. The molecule has 3 heteroatoms. The molecular formula is C13H24N2O. The summed E-state index contributed by atoms with van der Waals surface area (Å²) in [6.45, 7) is 4.58. The minimum Gasteiger partial charge on any atom is -0.360 e. The normalized spacial score (nSPS) is 39.6. The van der Waals surface area contributed by atoms with Gasteiger partial charge in [0.05, 0.1) is 6.61 Å². The predicted octanol–water partition coefficient (Wildman–Crippen LogP) is 1.59. The molecule has 16 heavy (non-hydrogen) atoms. The minimum atomic E-state index is 0.0194. The molecule has 2 spiro atoms. The molecule has 0 amide bonds. The lowest BCUT2D eigenvalue weighted by Gasteiger charge is -2.51. The van der Waals surface area contributed by atoms with Crippen molar-refractivity contribution in [3.8, 4) is 0 Å². The van der Waals surface area contributed by atoms with Crippen molar-refractivity contribution >= 4 is 0 Å². The van der Waals surface area contributed by atoms with E-state index in [0.717, 1.165) is 13.0 Å². The molecule has 3 rings (SSSR count). The average Bonchev–Trinajstić information content (AvgIpc) is 2.42. The lowest BCUT2D eigenvalue weighted by Crippen LogP contribution is -2.61. The zero-order valence-corrected chi connectivity index (χ0v) is 10.4. The molecule has 0 aromatic rings. The van der Waals surface area contributed by atoms with E-state index in [9.17, 15) is 0 Å². The summed E-state index contributed by atoms with van der Waals surface area (Å²) >= 11 is 0. The van der Waals surface area contributed by atoms with Gasteiger partial charge in [-0.05, 0) is 39.3 Å². The molecule has 0 radical (unpaired) electrons. The fraction of sp³-hybridized carbons (Fsp3) is 1.00. The van der Waals surface area contributed by atoms with E-state index in [4.69, 9.17) is 4.74 Å². The molecule has 0 aromatic carbocycles. The first kappa shape index (κ1) is 11.0. The number of nitrogens with zero attached hydrogens (tertiary/aromatic N) is 1. The van der Waals surface area contributed by atoms with Crippen LogP contribution in [0.4, 0.5) is 0 Å². The summed E-state index contributed by atoms with van der Waals surface area (Å²) in [5.41, 5.74) is 0.537. The largest absolute Gasteiger partial charge is 0.360 e. The highest BCUT2D eigenvalue weighted by Gasteiger charge is 2.46. The van der Waals surface area contributed by atoms with Crippen LogP contribution in [0.5, 0.6) is 0 Å². The van der Waals surface area contributed by atoms with Crippen molar-refractivity contribution in [2.45, 2.75) is 44.2 Å². The van der Waals surface area contributed by atoms with Crippen LogP contribution in [0.3, 0.4) is 0 Å². The van der Waals surface area contributed by atoms with Crippen LogP contribution in [0.1, 0.15) is 38.5 Å². The number of rotatable bonds is 0. The van der Waals surface area contributed by atoms with Crippen molar-refractivity contribution in [1.29, 1.82) is 0 Å². The van der Waals surface area contributed by atoms with Gasteiger partial charge in [0.15, 0.2) is 0 Å². The molecule has 1 saturated carbocycles. The second-order valence-electron chi connectivity index (χ2n) is 6.15. The van der Waals surface area contributed by atoms with Crippen molar-refractivity contribution in [3.05, 3.63) is 0 Å². The summed E-state index contributed by atoms with van der Waals surface area (Å²) in [5, 5.41) is 3.74. The van der Waals surface area contributed by atoms with E-state index in [1.165, 1.54) is 51.7 Å². The monoisotopic (exact) mass is 224 g/mol. The molecule has 92 valence electrons. The average molecular weight is 224 g/mol. The third kappa shape index (κ3) is 1.89. The number of nitrogens with one attached hydrogen (secondary N) is 1. The van der Waals surface area contributed by atoms with Gasteiger partial charge in [-0.3, -0.25) is 5.32 Å². The van der Waals surface area contributed by atoms with Crippen LogP contribution in [-0.2, 0) is 4.74 Å². The first-order valence-electron chi connectivity index (χ1n) is 6.80. The quantitative estimate of drug-likeness (QED) is 0.676. The second-order valence-corrected chi connectivity index (χ2v) is 6.15. The smallest absolute Gasteiger partial charge is 0.120 e. The summed E-state index contributed by atoms with van der Waals surface area (Å²) in [5.74, 6) is 0. The van der Waals surface area contributed by atoms with Crippen molar-refractivity contribution in [2.24, 2.45) is 5.41 Å². The van der Waals surface area contributed by atoms with Crippen LogP contribution in [0.25, 0.3) is 0 Å².